The lowest BCUT2D eigenvalue weighted by atomic mass is 9.90. The first-order valence-corrected chi connectivity index (χ1v) is 8.89. The number of fused-ring (bicyclic) bond motifs is 1. The maximum atomic E-state index is 3.04. The van der Waals surface area contributed by atoms with E-state index in [1.54, 1.807) is 0 Å². The largest absolute Gasteiger partial charge is 0.125 e. The van der Waals surface area contributed by atoms with Crippen LogP contribution in [-0.2, 0) is 0 Å². The van der Waals surface area contributed by atoms with Crippen molar-refractivity contribution < 1.29 is 0 Å². The van der Waals surface area contributed by atoms with Gasteiger partial charge in [-0.3, -0.25) is 0 Å². The summed E-state index contributed by atoms with van der Waals surface area (Å²) < 4.78 is 0. The Morgan fingerprint density at radius 2 is 1.21 bits per heavy atom. The minimum atomic E-state index is 0.257. The van der Waals surface area contributed by atoms with Gasteiger partial charge in [0.25, 0.3) is 0 Å². The van der Waals surface area contributed by atoms with E-state index in [-0.39, 0.29) is 5.66 Å². The van der Waals surface area contributed by atoms with E-state index in [0.717, 1.165) is 0 Å². The zero-order valence-corrected chi connectivity index (χ0v) is 14.5. The highest BCUT2D eigenvalue weighted by atomic mass is 31.0. The van der Waals surface area contributed by atoms with Crippen molar-refractivity contribution in [2.75, 3.05) is 0 Å². The van der Waals surface area contributed by atoms with Gasteiger partial charge in [0, 0.05) is 5.66 Å². The van der Waals surface area contributed by atoms with Gasteiger partial charge >= 0.3 is 0 Å². The molecule has 2 unspecified atom stereocenters. The average Bonchev–Trinajstić information content (AvgIpc) is 2.68. The standard InChI is InChI=1S/C23H19P/c24-23(19-12-5-2-6-13-19)22-20-14-8-7-11-18(20)15-16-21(22)17-9-3-1-4-10-17/h1-16,23H,24H2. The van der Waals surface area contributed by atoms with E-state index in [1.807, 2.05) is 0 Å². The van der Waals surface area contributed by atoms with Crippen LogP contribution in [0.25, 0.3) is 21.9 Å². The van der Waals surface area contributed by atoms with E-state index < -0.39 is 0 Å². The minimum absolute atomic E-state index is 0.257. The minimum Gasteiger partial charge on any atom is -0.125 e. The van der Waals surface area contributed by atoms with Crippen LogP contribution in [0, 0.1) is 0 Å². The quantitative estimate of drug-likeness (QED) is 0.378. The van der Waals surface area contributed by atoms with E-state index in [9.17, 15) is 0 Å². The molecule has 0 spiro atoms. The summed E-state index contributed by atoms with van der Waals surface area (Å²) in [5.41, 5.74) is 5.51. The van der Waals surface area contributed by atoms with Crippen LogP contribution in [0.3, 0.4) is 0 Å². The first-order chi connectivity index (χ1) is 11.8. The molecule has 116 valence electrons. The Hall–Kier alpha value is -2.43. The van der Waals surface area contributed by atoms with Crippen LogP contribution in [-0.4, -0.2) is 0 Å². The Morgan fingerprint density at radius 3 is 1.96 bits per heavy atom. The van der Waals surface area contributed by atoms with Crippen LogP contribution in [0.2, 0.25) is 0 Å². The lowest BCUT2D eigenvalue weighted by Crippen LogP contribution is -1.97. The highest BCUT2D eigenvalue weighted by Crippen LogP contribution is 2.41. The predicted molar refractivity (Wildman–Crippen MR) is 107 cm³/mol. The van der Waals surface area contributed by atoms with E-state index in [0.29, 0.717) is 0 Å². The van der Waals surface area contributed by atoms with Crippen LogP contribution in [0.4, 0.5) is 0 Å². The van der Waals surface area contributed by atoms with E-state index >= 15 is 0 Å². The molecule has 1 heteroatoms. The van der Waals surface area contributed by atoms with Gasteiger partial charge in [0.05, 0.1) is 0 Å². The monoisotopic (exact) mass is 326 g/mol. The fourth-order valence-electron chi connectivity index (χ4n) is 3.33. The van der Waals surface area contributed by atoms with Crippen molar-refractivity contribution in [3.05, 3.63) is 108 Å². The van der Waals surface area contributed by atoms with Crippen molar-refractivity contribution in [1.82, 2.24) is 0 Å². The molecule has 0 aliphatic rings. The second-order valence-electron chi connectivity index (χ2n) is 6.00. The van der Waals surface area contributed by atoms with Gasteiger partial charge in [0.1, 0.15) is 0 Å². The molecule has 0 heterocycles. The smallest absolute Gasteiger partial charge is 0.0246 e. The molecule has 0 aromatic heterocycles. The number of benzene rings is 4. The van der Waals surface area contributed by atoms with Gasteiger partial charge < -0.3 is 0 Å². The Balaban J connectivity index is 2.00. The summed E-state index contributed by atoms with van der Waals surface area (Å²) in [6, 6.07) is 34.5. The van der Waals surface area contributed by atoms with Gasteiger partial charge in [-0.1, -0.05) is 97.1 Å². The lowest BCUT2D eigenvalue weighted by Gasteiger charge is -2.20. The third-order valence-electron chi connectivity index (χ3n) is 4.53. The van der Waals surface area contributed by atoms with Crippen LogP contribution in [0.15, 0.2) is 97.1 Å². The summed E-state index contributed by atoms with van der Waals surface area (Å²) in [6.07, 6.45) is 0. The molecule has 0 saturated heterocycles. The van der Waals surface area contributed by atoms with Crippen LogP contribution in [0.5, 0.6) is 0 Å². The van der Waals surface area contributed by atoms with Crippen molar-refractivity contribution >= 4 is 20.0 Å². The Labute approximate surface area is 145 Å². The molecule has 0 nitrogen and oxygen atoms in total. The van der Waals surface area contributed by atoms with Gasteiger partial charge in [-0.15, -0.1) is 9.24 Å². The zero-order valence-electron chi connectivity index (χ0n) is 13.4. The first kappa shape index (κ1) is 15.1. The number of rotatable bonds is 3. The predicted octanol–water partition coefficient (Wildman–Crippen LogP) is 6.47. The van der Waals surface area contributed by atoms with Crippen molar-refractivity contribution in [2.24, 2.45) is 0 Å². The summed E-state index contributed by atoms with van der Waals surface area (Å²) in [5.74, 6) is 0. The maximum Gasteiger partial charge on any atom is 0.0246 e. The third kappa shape index (κ3) is 2.75. The molecule has 0 fully saturated rings. The third-order valence-corrected chi connectivity index (χ3v) is 5.24. The molecule has 24 heavy (non-hydrogen) atoms. The van der Waals surface area contributed by atoms with Crippen LogP contribution in [0.1, 0.15) is 16.8 Å². The first-order valence-electron chi connectivity index (χ1n) is 8.22. The Morgan fingerprint density at radius 1 is 0.583 bits per heavy atom. The molecule has 2 atom stereocenters. The second-order valence-corrected chi connectivity index (χ2v) is 6.67. The molecule has 0 bridgehead atoms. The summed E-state index contributed by atoms with van der Waals surface area (Å²) in [5, 5.41) is 2.61. The molecule has 0 aliphatic heterocycles. The fourth-order valence-corrected chi connectivity index (χ4v) is 3.91. The van der Waals surface area contributed by atoms with Crippen molar-refractivity contribution in [2.45, 2.75) is 5.66 Å². The highest BCUT2D eigenvalue weighted by molar-refractivity contribution is 7.17. The molecular formula is C23H19P. The summed E-state index contributed by atoms with van der Waals surface area (Å²) in [4.78, 5) is 0. The summed E-state index contributed by atoms with van der Waals surface area (Å²) >= 11 is 0. The topological polar surface area (TPSA) is 0 Å². The van der Waals surface area contributed by atoms with Gasteiger partial charge in [0.15, 0.2) is 0 Å². The SMILES string of the molecule is PC(c1ccccc1)c1c(-c2ccccc2)ccc2ccccc12. The molecule has 4 aromatic carbocycles. The molecule has 4 rings (SSSR count). The molecule has 0 radical (unpaired) electrons. The summed E-state index contributed by atoms with van der Waals surface area (Å²) in [6.45, 7) is 0. The molecule has 0 aliphatic carbocycles. The Kier molecular flexibility index (Phi) is 4.15. The average molecular weight is 326 g/mol. The molecule has 0 saturated carbocycles. The highest BCUT2D eigenvalue weighted by Gasteiger charge is 2.17. The van der Waals surface area contributed by atoms with Crippen molar-refractivity contribution in [3.63, 3.8) is 0 Å². The molecule has 0 amide bonds. The van der Waals surface area contributed by atoms with E-state index in [2.05, 4.69) is 106 Å². The Bertz CT molecular complexity index is 959. The van der Waals surface area contributed by atoms with Crippen LogP contribution >= 0.6 is 9.24 Å². The van der Waals surface area contributed by atoms with E-state index in [4.69, 9.17) is 0 Å². The van der Waals surface area contributed by atoms with Gasteiger partial charge in [0.2, 0.25) is 0 Å². The van der Waals surface area contributed by atoms with Crippen LogP contribution < -0.4 is 0 Å². The van der Waals surface area contributed by atoms with Gasteiger partial charge in [-0.05, 0) is 33.0 Å². The van der Waals surface area contributed by atoms with Crippen molar-refractivity contribution in [3.8, 4) is 11.1 Å². The number of hydrogen-bond donors (Lipinski definition) is 0. The lowest BCUT2D eigenvalue weighted by molar-refractivity contribution is 1.18. The van der Waals surface area contributed by atoms with Gasteiger partial charge in [-0.2, -0.15) is 0 Å². The number of hydrogen-bond acceptors (Lipinski definition) is 0. The molecule has 0 N–H and O–H groups in total. The van der Waals surface area contributed by atoms with Gasteiger partial charge in [-0.25, -0.2) is 0 Å². The maximum absolute atomic E-state index is 3.04. The summed E-state index contributed by atoms with van der Waals surface area (Å²) in [7, 11) is 3.04. The zero-order chi connectivity index (χ0) is 16.4. The second kappa shape index (κ2) is 6.59. The molecule has 4 aromatic rings. The normalized spacial score (nSPS) is 12.2. The fraction of sp³-hybridized carbons (Fsp3) is 0.0435. The van der Waals surface area contributed by atoms with E-state index in [1.165, 1.54) is 33.0 Å². The van der Waals surface area contributed by atoms with Crippen molar-refractivity contribution in [1.29, 1.82) is 0 Å². The molecular weight excluding hydrogens is 307 g/mol.